The van der Waals surface area contributed by atoms with Crippen molar-refractivity contribution in [2.45, 2.75) is 39.0 Å². The number of carboxylic acid groups (broad SMARTS) is 1. The Kier molecular flexibility index (Phi) is 8.66. The molecule has 2 amide bonds. The summed E-state index contributed by atoms with van der Waals surface area (Å²) in [4.78, 5) is 36.8. The van der Waals surface area contributed by atoms with Gasteiger partial charge >= 0.3 is 0 Å². The number of thiocarbonyl (C=S) groups is 1. The number of hydrogen-bond donors (Lipinski definition) is 1. The Morgan fingerprint density at radius 2 is 1.89 bits per heavy atom. The number of hydrogen-bond acceptors (Lipinski definition) is 6. The third-order valence-electron chi connectivity index (χ3n) is 4.19. The van der Waals surface area contributed by atoms with Crippen LogP contribution in [0.3, 0.4) is 0 Å². The maximum atomic E-state index is 12.6. The van der Waals surface area contributed by atoms with E-state index in [1.807, 2.05) is 37.3 Å². The van der Waals surface area contributed by atoms with Gasteiger partial charge in [0.05, 0.1) is 4.91 Å². The first-order chi connectivity index (χ1) is 13.4. The van der Waals surface area contributed by atoms with Gasteiger partial charge in [-0.15, -0.1) is 0 Å². The molecule has 2 rings (SSSR count). The number of aryl methyl sites for hydroxylation is 1. The first kappa shape index (κ1) is 22.1. The van der Waals surface area contributed by atoms with Crippen LogP contribution >= 0.6 is 24.0 Å². The molecule has 0 atom stereocenters. The lowest BCUT2D eigenvalue weighted by atomic mass is 10.1. The minimum Gasteiger partial charge on any atom is -0.550 e. The summed E-state index contributed by atoms with van der Waals surface area (Å²) in [6.07, 6.45) is 3.99. The van der Waals surface area contributed by atoms with E-state index < -0.39 is 5.97 Å². The highest BCUT2D eigenvalue weighted by Crippen LogP contribution is 2.32. The number of nitrogens with one attached hydrogen (secondary N) is 1. The van der Waals surface area contributed by atoms with E-state index in [4.69, 9.17) is 12.2 Å². The van der Waals surface area contributed by atoms with Crippen molar-refractivity contribution < 1.29 is 19.5 Å². The van der Waals surface area contributed by atoms with Crippen LogP contribution in [0.15, 0.2) is 29.2 Å². The molecule has 1 fully saturated rings. The van der Waals surface area contributed by atoms with E-state index in [1.54, 1.807) is 0 Å². The summed E-state index contributed by atoms with van der Waals surface area (Å²) in [5.74, 6) is -1.38. The van der Waals surface area contributed by atoms with Gasteiger partial charge in [-0.05, 0) is 37.8 Å². The van der Waals surface area contributed by atoms with Crippen LogP contribution in [0, 0.1) is 6.92 Å². The quantitative estimate of drug-likeness (QED) is 0.355. The zero-order valence-electron chi connectivity index (χ0n) is 15.7. The molecular formula is C20H23N2O4S2-. The molecule has 6 nitrogen and oxygen atoms in total. The molecule has 0 bridgehead atoms. The first-order valence-corrected chi connectivity index (χ1v) is 10.4. The third-order valence-corrected chi connectivity index (χ3v) is 5.57. The van der Waals surface area contributed by atoms with Crippen LogP contribution in [0.4, 0.5) is 0 Å². The van der Waals surface area contributed by atoms with Crippen molar-refractivity contribution in [1.82, 2.24) is 10.2 Å². The van der Waals surface area contributed by atoms with Crippen LogP contribution in [0.25, 0.3) is 6.08 Å². The third kappa shape index (κ3) is 7.09. The largest absolute Gasteiger partial charge is 0.550 e. The summed E-state index contributed by atoms with van der Waals surface area (Å²) in [5.41, 5.74) is 2.08. The summed E-state index contributed by atoms with van der Waals surface area (Å²) in [6, 6.07) is 7.86. The standard InChI is InChI=1S/C20H24N2O4S2/c1-14-6-8-15(9-7-14)13-16-19(26)22(20(27)28-16)12-10-17(23)21-11-4-2-3-5-18(24)25/h6-9,13H,2-5,10-12H2,1H3,(H,21,23)(H,24,25)/p-1/b16-13+. The van der Waals surface area contributed by atoms with Gasteiger partial charge in [0.2, 0.25) is 5.91 Å². The van der Waals surface area contributed by atoms with Crippen LogP contribution in [-0.2, 0) is 14.4 Å². The van der Waals surface area contributed by atoms with E-state index in [9.17, 15) is 19.5 Å². The molecule has 0 aromatic heterocycles. The topological polar surface area (TPSA) is 89.5 Å². The summed E-state index contributed by atoms with van der Waals surface area (Å²) in [6.45, 7) is 2.73. The molecule has 1 aliphatic rings. The molecule has 8 heteroatoms. The lowest BCUT2D eigenvalue weighted by Gasteiger charge is -2.14. The van der Waals surface area contributed by atoms with Crippen LogP contribution in [0.5, 0.6) is 0 Å². The molecule has 0 saturated carbocycles. The maximum absolute atomic E-state index is 12.6. The normalized spacial score (nSPS) is 15.3. The molecule has 1 heterocycles. The number of thioether (sulfide) groups is 1. The molecule has 28 heavy (non-hydrogen) atoms. The molecule has 1 aliphatic heterocycles. The Labute approximate surface area is 174 Å². The zero-order chi connectivity index (χ0) is 20.5. The molecule has 0 spiro atoms. The van der Waals surface area contributed by atoms with Crippen molar-refractivity contribution in [2.24, 2.45) is 0 Å². The van der Waals surface area contributed by atoms with E-state index in [0.717, 1.165) is 11.1 Å². The van der Waals surface area contributed by atoms with Crippen LogP contribution in [-0.4, -0.2) is 40.1 Å². The number of carbonyl (C=O) groups is 3. The van der Waals surface area contributed by atoms with E-state index in [2.05, 4.69) is 5.32 Å². The van der Waals surface area contributed by atoms with E-state index >= 15 is 0 Å². The fraction of sp³-hybridized carbons (Fsp3) is 0.400. The van der Waals surface area contributed by atoms with Gasteiger partial charge in [0.25, 0.3) is 5.91 Å². The highest BCUT2D eigenvalue weighted by atomic mass is 32.2. The lowest BCUT2D eigenvalue weighted by Crippen LogP contribution is -2.33. The number of nitrogens with zero attached hydrogens (tertiary/aromatic N) is 1. The van der Waals surface area contributed by atoms with Crippen LogP contribution < -0.4 is 10.4 Å². The van der Waals surface area contributed by atoms with Crippen molar-refractivity contribution in [2.75, 3.05) is 13.1 Å². The Hall–Kier alpha value is -2.19. The maximum Gasteiger partial charge on any atom is 0.266 e. The van der Waals surface area contributed by atoms with Crippen molar-refractivity contribution in [3.8, 4) is 0 Å². The Balaban J connectivity index is 1.75. The van der Waals surface area contributed by atoms with E-state index in [0.29, 0.717) is 35.0 Å². The lowest BCUT2D eigenvalue weighted by molar-refractivity contribution is -0.305. The van der Waals surface area contributed by atoms with Gasteiger partial charge in [0.15, 0.2) is 0 Å². The Morgan fingerprint density at radius 3 is 2.57 bits per heavy atom. The number of benzene rings is 1. The molecule has 1 aromatic rings. The van der Waals surface area contributed by atoms with Gasteiger partial charge in [-0.2, -0.15) is 0 Å². The van der Waals surface area contributed by atoms with Crippen molar-refractivity contribution in [1.29, 1.82) is 0 Å². The second kappa shape index (κ2) is 11.0. The van der Waals surface area contributed by atoms with Gasteiger partial charge < -0.3 is 15.2 Å². The monoisotopic (exact) mass is 419 g/mol. The van der Waals surface area contributed by atoms with Crippen molar-refractivity contribution >= 4 is 52.2 Å². The fourth-order valence-electron chi connectivity index (χ4n) is 2.61. The number of amides is 2. The minimum atomic E-state index is -1.05. The molecule has 1 N–H and O–H groups in total. The predicted octanol–water partition coefficient (Wildman–Crippen LogP) is 2.01. The fourth-order valence-corrected chi connectivity index (χ4v) is 3.92. The minimum absolute atomic E-state index is 0.0402. The van der Waals surface area contributed by atoms with E-state index in [-0.39, 0.29) is 31.2 Å². The van der Waals surface area contributed by atoms with Crippen molar-refractivity contribution in [3.05, 3.63) is 40.3 Å². The molecular weight excluding hydrogens is 396 g/mol. The zero-order valence-corrected chi connectivity index (χ0v) is 17.4. The second-order valence-electron chi connectivity index (χ2n) is 6.53. The van der Waals surface area contributed by atoms with Crippen molar-refractivity contribution in [3.63, 3.8) is 0 Å². The summed E-state index contributed by atoms with van der Waals surface area (Å²) in [7, 11) is 0. The summed E-state index contributed by atoms with van der Waals surface area (Å²) in [5, 5.41) is 13.1. The smallest absolute Gasteiger partial charge is 0.266 e. The predicted molar refractivity (Wildman–Crippen MR) is 112 cm³/mol. The average Bonchev–Trinajstić information content (AvgIpc) is 2.91. The number of unbranched alkanes of at least 4 members (excludes halogenated alkanes) is 2. The second-order valence-corrected chi connectivity index (χ2v) is 8.20. The van der Waals surface area contributed by atoms with Gasteiger partial charge in [0.1, 0.15) is 4.32 Å². The number of carboxylic acids is 1. The van der Waals surface area contributed by atoms with Gasteiger partial charge in [-0.25, -0.2) is 0 Å². The first-order valence-electron chi connectivity index (χ1n) is 9.15. The van der Waals surface area contributed by atoms with E-state index in [1.165, 1.54) is 16.7 Å². The number of aliphatic carboxylic acids is 1. The SMILES string of the molecule is Cc1ccc(/C=C2/SC(=S)N(CCC(=O)NCCCCCC(=O)[O-])C2=O)cc1. The molecule has 1 saturated heterocycles. The van der Waals surface area contributed by atoms with Gasteiger partial charge in [-0.3, -0.25) is 14.5 Å². The van der Waals surface area contributed by atoms with Gasteiger partial charge in [0, 0.05) is 25.5 Å². The molecule has 1 aromatic carbocycles. The van der Waals surface area contributed by atoms with Gasteiger partial charge in [-0.1, -0.05) is 60.2 Å². The number of rotatable bonds is 10. The molecule has 0 aliphatic carbocycles. The molecule has 0 radical (unpaired) electrons. The summed E-state index contributed by atoms with van der Waals surface area (Å²) < 4.78 is 0.457. The molecule has 0 unspecified atom stereocenters. The highest BCUT2D eigenvalue weighted by Gasteiger charge is 2.31. The average molecular weight is 420 g/mol. The van der Waals surface area contributed by atoms with Crippen LogP contribution in [0.1, 0.15) is 43.2 Å². The number of carbonyl (C=O) groups excluding carboxylic acids is 3. The highest BCUT2D eigenvalue weighted by molar-refractivity contribution is 8.26. The Morgan fingerprint density at radius 1 is 1.18 bits per heavy atom. The Bertz CT molecular complexity index is 775. The van der Waals surface area contributed by atoms with Crippen LogP contribution in [0.2, 0.25) is 0 Å². The summed E-state index contributed by atoms with van der Waals surface area (Å²) >= 11 is 6.53. The molecule has 150 valence electrons.